The fraction of sp³-hybridized carbons (Fsp3) is 0.133. The number of nitro benzene ring substituents is 1. The molecule has 7 heteroatoms. The number of carbonyl (C=O) groups excluding carboxylic acids is 1. The molecule has 2 N–H and O–H groups in total. The van der Waals surface area contributed by atoms with E-state index in [2.05, 4.69) is 21.2 Å². The van der Waals surface area contributed by atoms with E-state index in [0.29, 0.717) is 15.6 Å². The maximum atomic E-state index is 12.0. The second-order valence-corrected chi connectivity index (χ2v) is 5.41. The van der Waals surface area contributed by atoms with Crippen LogP contribution in [0.25, 0.3) is 0 Å². The molecule has 0 unspecified atom stereocenters. The topological polar surface area (TPSA) is 92.5 Å². The summed E-state index contributed by atoms with van der Waals surface area (Å²) < 4.78 is 0.664. The van der Waals surface area contributed by atoms with Crippen molar-refractivity contribution in [3.05, 3.63) is 74.2 Å². The molecule has 2 aromatic carbocycles. The molecule has 0 bridgehead atoms. The van der Waals surface area contributed by atoms with Crippen molar-refractivity contribution < 1.29 is 14.8 Å². The maximum Gasteiger partial charge on any atom is 0.269 e. The van der Waals surface area contributed by atoms with Gasteiger partial charge in [-0.25, -0.2) is 0 Å². The fourth-order valence-electron chi connectivity index (χ4n) is 1.87. The first-order chi connectivity index (χ1) is 10.5. The number of nitrogens with zero attached hydrogens (tertiary/aromatic N) is 1. The highest BCUT2D eigenvalue weighted by molar-refractivity contribution is 9.10. The Hall–Kier alpha value is -2.25. The molecule has 0 heterocycles. The predicted octanol–water partition coefficient (Wildman–Crippen LogP) is 2.82. The van der Waals surface area contributed by atoms with Crippen LogP contribution in [0, 0.1) is 10.1 Å². The van der Waals surface area contributed by atoms with E-state index in [4.69, 9.17) is 0 Å². The molecular weight excluding hydrogens is 352 g/mol. The molecule has 0 aliphatic rings. The largest absolute Gasteiger partial charge is 0.387 e. The van der Waals surface area contributed by atoms with Gasteiger partial charge in [-0.15, -0.1) is 0 Å². The van der Waals surface area contributed by atoms with Crippen LogP contribution in [0.3, 0.4) is 0 Å². The van der Waals surface area contributed by atoms with Crippen molar-refractivity contribution in [1.29, 1.82) is 0 Å². The Bertz CT molecular complexity index is 688. The molecule has 0 aliphatic heterocycles. The summed E-state index contributed by atoms with van der Waals surface area (Å²) in [5.74, 6) is -0.312. The second-order valence-electron chi connectivity index (χ2n) is 4.55. The highest BCUT2D eigenvalue weighted by Gasteiger charge is 2.14. The minimum absolute atomic E-state index is 0.0119. The van der Waals surface area contributed by atoms with E-state index in [1.54, 1.807) is 24.3 Å². The molecule has 0 aromatic heterocycles. The van der Waals surface area contributed by atoms with Crippen molar-refractivity contribution in [2.45, 2.75) is 6.10 Å². The van der Waals surface area contributed by atoms with Gasteiger partial charge in [-0.2, -0.15) is 0 Å². The molecule has 0 saturated heterocycles. The molecule has 1 amide bonds. The molecule has 22 heavy (non-hydrogen) atoms. The molecule has 6 nitrogen and oxygen atoms in total. The maximum absolute atomic E-state index is 12.0. The summed E-state index contributed by atoms with van der Waals surface area (Å²) >= 11 is 3.28. The van der Waals surface area contributed by atoms with Crippen LogP contribution in [0.2, 0.25) is 0 Å². The third-order valence-electron chi connectivity index (χ3n) is 3.06. The van der Waals surface area contributed by atoms with E-state index >= 15 is 0 Å². The van der Waals surface area contributed by atoms with Gasteiger partial charge in [0.05, 0.1) is 16.6 Å². The standard InChI is InChI=1S/C15H13BrN2O4/c16-13-4-2-1-3-12(13)15(20)17-9-14(19)10-5-7-11(8-6-10)18(21)22/h1-8,14,19H,9H2,(H,17,20)/t14-/m0/s1. The zero-order valence-electron chi connectivity index (χ0n) is 11.4. The lowest BCUT2D eigenvalue weighted by molar-refractivity contribution is -0.384. The minimum Gasteiger partial charge on any atom is -0.387 e. The van der Waals surface area contributed by atoms with Gasteiger partial charge in [0.25, 0.3) is 11.6 Å². The molecule has 0 aliphatic carbocycles. The van der Waals surface area contributed by atoms with E-state index in [1.165, 1.54) is 24.3 Å². The van der Waals surface area contributed by atoms with Crippen LogP contribution >= 0.6 is 15.9 Å². The first kappa shape index (κ1) is 16.1. The number of aliphatic hydroxyl groups excluding tert-OH is 1. The van der Waals surface area contributed by atoms with Crippen molar-refractivity contribution >= 4 is 27.5 Å². The number of nitro groups is 1. The predicted molar refractivity (Wildman–Crippen MR) is 84.5 cm³/mol. The van der Waals surface area contributed by atoms with Crippen molar-refractivity contribution in [1.82, 2.24) is 5.32 Å². The van der Waals surface area contributed by atoms with Gasteiger partial charge < -0.3 is 10.4 Å². The third-order valence-corrected chi connectivity index (χ3v) is 3.75. The Morgan fingerprint density at radius 2 is 1.86 bits per heavy atom. The number of aliphatic hydroxyl groups is 1. The number of rotatable bonds is 5. The quantitative estimate of drug-likeness (QED) is 0.630. The van der Waals surface area contributed by atoms with Crippen molar-refractivity contribution in [2.75, 3.05) is 6.54 Å². The fourth-order valence-corrected chi connectivity index (χ4v) is 2.33. The lowest BCUT2D eigenvalue weighted by Gasteiger charge is -2.12. The zero-order chi connectivity index (χ0) is 16.1. The number of hydrogen-bond donors (Lipinski definition) is 2. The summed E-state index contributed by atoms with van der Waals surface area (Å²) in [4.78, 5) is 22.1. The Balaban J connectivity index is 1.97. The molecule has 0 fully saturated rings. The third kappa shape index (κ3) is 3.90. The van der Waals surface area contributed by atoms with Crippen LogP contribution in [-0.2, 0) is 0 Å². The lowest BCUT2D eigenvalue weighted by atomic mass is 10.1. The van der Waals surface area contributed by atoms with E-state index in [0.717, 1.165) is 0 Å². The first-order valence-corrected chi connectivity index (χ1v) is 7.23. The molecule has 2 rings (SSSR count). The number of hydrogen-bond acceptors (Lipinski definition) is 4. The highest BCUT2D eigenvalue weighted by atomic mass is 79.9. The molecule has 1 atom stereocenters. The lowest BCUT2D eigenvalue weighted by Crippen LogP contribution is -2.28. The SMILES string of the molecule is O=C(NC[C@H](O)c1ccc([N+](=O)[O-])cc1)c1ccccc1Br. The Labute approximate surface area is 135 Å². The molecule has 0 radical (unpaired) electrons. The van der Waals surface area contributed by atoms with Crippen LogP contribution in [0.5, 0.6) is 0 Å². The van der Waals surface area contributed by atoms with Gasteiger partial charge in [0, 0.05) is 23.2 Å². The average molecular weight is 365 g/mol. The van der Waals surface area contributed by atoms with E-state index in [-0.39, 0.29) is 18.1 Å². The van der Waals surface area contributed by atoms with Crippen molar-refractivity contribution in [2.24, 2.45) is 0 Å². The first-order valence-electron chi connectivity index (χ1n) is 6.44. The number of carbonyl (C=O) groups is 1. The smallest absolute Gasteiger partial charge is 0.269 e. The van der Waals surface area contributed by atoms with Gasteiger partial charge in [-0.3, -0.25) is 14.9 Å². The van der Waals surface area contributed by atoms with Crippen LogP contribution < -0.4 is 5.32 Å². The van der Waals surface area contributed by atoms with E-state index in [1.807, 2.05) is 0 Å². The van der Waals surface area contributed by atoms with Gasteiger partial charge in [0.2, 0.25) is 0 Å². The Morgan fingerprint density at radius 1 is 1.23 bits per heavy atom. The summed E-state index contributed by atoms with van der Waals surface area (Å²) in [6.45, 7) is 0.0119. The zero-order valence-corrected chi connectivity index (χ0v) is 13.0. The van der Waals surface area contributed by atoms with Crippen molar-refractivity contribution in [3.63, 3.8) is 0 Å². The van der Waals surface area contributed by atoms with Gasteiger partial charge >= 0.3 is 0 Å². The van der Waals surface area contributed by atoms with Crippen LogP contribution in [0.15, 0.2) is 53.0 Å². The number of amides is 1. The van der Waals surface area contributed by atoms with Gasteiger partial charge in [-0.1, -0.05) is 12.1 Å². The summed E-state index contributed by atoms with van der Waals surface area (Å²) in [6, 6.07) is 12.5. The second kappa shape index (κ2) is 7.15. The Kier molecular flexibility index (Phi) is 5.24. The molecule has 2 aromatic rings. The van der Waals surface area contributed by atoms with E-state index in [9.17, 15) is 20.0 Å². The molecule has 114 valence electrons. The average Bonchev–Trinajstić information content (AvgIpc) is 2.52. The number of non-ortho nitro benzene ring substituents is 1. The van der Waals surface area contributed by atoms with Gasteiger partial charge in [0.1, 0.15) is 0 Å². The minimum atomic E-state index is -0.938. The molecular formula is C15H13BrN2O4. The van der Waals surface area contributed by atoms with Crippen LogP contribution in [0.4, 0.5) is 5.69 Å². The van der Waals surface area contributed by atoms with Crippen LogP contribution in [-0.4, -0.2) is 22.5 Å². The summed E-state index contributed by atoms with van der Waals surface area (Å²) in [6.07, 6.45) is -0.938. The number of benzene rings is 2. The van der Waals surface area contributed by atoms with Gasteiger partial charge in [-0.05, 0) is 45.8 Å². The summed E-state index contributed by atoms with van der Waals surface area (Å²) in [5, 5.41) is 23.2. The highest BCUT2D eigenvalue weighted by Crippen LogP contribution is 2.18. The molecule has 0 saturated carbocycles. The van der Waals surface area contributed by atoms with Crippen molar-refractivity contribution in [3.8, 4) is 0 Å². The number of halogens is 1. The van der Waals surface area contributed by atoms with Gasteiger partial charge in [0.15, 0.2) is 0 Å². The Morgan fingerprint density at radius 3 is 2.45 bits per heavy atom. The monoisotopic (exact) mass is 364 g/mol. The summed E-state index contributed by atoms with van der Waals surface area (Å²) in [5.41, 5.74) is 0.921. The van der Waals surface area contributed by atoms with Crippen LogP contribution in [0.1, 0.15) is 22.0 Å². The normalized spacial score (nSPS) is 11.7. The molecule has 0 spiro atoms. The van der Waals surface area contributed by atoms with E-state index < -0.39 is 11.0 Å². The summed E-state index contributed by atoms with van der Waals surface area (Å²) in [7, 11) is 0. The number of nitrogens with one attached hydrogen (secondary N) is 1.